The molecule has 0 fully saturated rings. The van der Waals surface area contributed by atoms with Crippen LogP contribution in [0, 0.1) is 13.8 Å². The molecule has 0 bridgehead atoms. The second kappa shape index (κ2) is 4.20. The number of benzene rings is 1. The molecule has 3 heteroatoms. The highest BCUT2D eigenvalue weighted by molar-refractivity contribution is 6.33. The van der Waals surface area contributed by atoms with Crippen molar-refractivity contribution in [1.82, 2.24) is 0 Å². The maximum Gasteiger partial charge on any atom is 0.138 e. The first-order valence-corrected chi connectivity index (χ1v) is 4.96. The molecule has 1 aromatic rings. The van der Waals surface area contributed by atoms with Crippen molar-refractivity contribution in [3.63, 3.8) is 0 Å². The number of rotatable bonds is 2. The van der Waals surface area contributed by atoms with E-state index < -0.39 is 0 Å². The number of ether oxygens (including phenoxy) is 1. The Kier molecular flexibility index (Phi) is 3.40. The predicted molar refractivity (Wildman–Crippen MR) is 60.1 cm³/mol. The van der Waals surface area contributed by atoms with E-state index in [2.05, 4.69) is 0 Å². The summed E-state index contributed by atoms with van der Waals surface area (Å²) in [5.41, 5.74) is 9.12. The number of halogens is 1. The zero-order valence-electron chi connectivity index (χ0n) is 9.02. The Bertz CT molecular complexity index is 348. The van der Waals surface area contributed by atoms with E-state index in [1.54, 1.807) is 7.11 Å². The fourth-order valence-corrected chi connectivity index (χ4v) is 2.02. The van der Waals surface area contributed by atoms with E-state index >= 15 is 0 Å². The summed E-state index contributed by atoms with van der Waals surface area (Å²) in [5.74, 6) is 0.714. The molecule has 14 heavy (non-hydrogen) atoms. The highest BCUT2D eigenvalue weighted by Crippen LogP contribution is 2.34. The van der Waals surface area contributed by atoms with Crippen LogP contribution in [0.5, 0.6) is 5.75 Å². The Morgan fingerprint density at radius 1 is 1.43 bits per heavy atom. The first kappa shape index (κ1) is 11.3. The van der Waals surface area contributed by atoms with Crippen molar-refractivity contribution in [2.24, 2.45) is 5.73 Å². The van der Waals surface area contributed by atoms with Gasteiger partial charge in [0.2, 0.25) is 0 Å². The van der Waals surface area contributed by atoms with Gasteiger partial charge in [-0.1, -0.05) is 11.6 Å². The summed E-state index contributed by atoms with van der Waals surface area (Å²) in [6.45, 7) is 5.94. The minimum atomic E-state index is -0.00148. The van der Waals surface area contributed by atoms with Crippen LogP contribution in [0.2, 0.25) is 5.02 Å². The van der Waals surface area contributed by atoms with Gasteiger partial charge in [0, 0.05) is 6.04 Å². The van der Waals surface area contributed by atoms with E-state index in [0.717, 1.165) is 16.7 Å². The topological polar surface area (TPSA) is 35.2 Å². The molecule has 1 aromatic carbocycles. The lowest BCUT2D eigenvalue weighted by Crippen LogP contribution is -2.09. The Morgan fingerprint density at radius 2 is 2.00 bits per heavy atom. The van der Waals surface area contributed by atoms with E-state index in [1.807, 2.05) is 26.8 Å². The number of methoxy groups -OCH3 is 1. The first-order chi connectivity index (χ1) is 6.49. The largest absolute Gasteiger partial charge is 0.495 e. The molecule has 1 rings (SSSR count). The molecule has 1 atom stereocenters. The zero-order valence-corrected chi connectivity index (χ0v) is 9.77. The second-order valence-electron chi connectivity index (χ2n) is 3.54. The van der Waals surface area contributed by atoms with Gasteiger partial charge in [0.1, 0.15) is 5.75 Å². The molecule has 0 radical (unpaired) electrons. The summed E-state index contributed by atoms with van der Waals surface area (Å²) >= 11 is 6.13. The summed E-state index contributed by atoms with van der Waals surface area (Å²) in [6, 6.07) is 1.92. The van der Waals surface area contributed by atoms with Gasteiger partial charge in [-0.15, -0.1) is 0 Å². The molecule has 78 valence electrons. The van der Waals surface area contributed by atoms with Crippen molar-refractivity contribution in [1.29, 1.82) is 0 Å². The van der Waals surface area contributed by atoms with Gasteiger partial charge in [-0.2, -0.15) is 0 Å². The summed E-state index contributed by atoms with van der Waals surface area (Å²) < 4.78 is 5.17. The second-order valence-corrected chi connectivity index (χ2v) is 3.92. The molecule has 0 spiro atoms. The number of hydrogen-bond acceptors (Lipinski definition) is 2. The molecular weight excluding hydrogens is 198 g/mol. The van der Waals surface area contributed by atoms with Gasteiger partial charge in [-0.3, -0.25) is 0 Å². The Morgan fingerprint density at radius 3 is 2.43 bits per heavy atom. The third-order valence-corrected chi connectivity index (χ3v) is 2.87. The van der Waals surface area contributed by atoms with E-state index in [1.165, 1.54) is 0 Å². The van der Waals surface area contributed by atoms with Gasteiger partial charge in [0.25, 0.3) is 0 Å². The molecule has 2 N–H and O–H groups in total. The Hall–Kier alpha value is -0.730. The zero-order chi connectivity index (χ0) is 10.9. The standard InChI is InChI=1S/C11H16ClNO/c1-6-5-9(14-4)11(12)7(2)10(6)8(3)13/h5,8H,13H2,1-4H3. The fraction of sp³-hybridized carbons (Fsp3) is 0.455. The van der Waals surface area contributed by atoms with Gasteiger partial charge < -0.3 is 10.5 Å². The lowest BCUT2D eigenvalue weighted by Gasteiger charge is -2.17. The molecule has 0 amide bonds. The molecule has 1 unspecified atom stereocenters. The third-order valence-electron chi connectivity index (χ3n) is 2.40. The molecule has 0 saturated carbocycles. The van der Waals surface area contributed by atoms with Crippen molar-refractivity contribution >= 4 is 11.6 Å². The van der Waals surface area contributed by atoms with Gasteiger partial charge in [-0.25, -0.2) is 0 Å². The smallest absolute Gasteiger partial charge is 0.138 e. The minimum Gasteiger partial charge on any atom is -0.495 e. The van der Waals surface area contributed by atoms with Gasteiger partial charge >= 0.3 is 0 Å². The normalized spacial score (nSPS) is 12.7. The molecule has 0 aromatic heterocycles. The van der Waals surface area contributed by atoms with Crippen molar-refractivity contribution in [3.8, 4) is 5.75 Å². The average molecular weight is 214 g/mol. The van der Waals surface area contributed by atoms with Gasteiger partial charge in [-0.05, 0) is 43.5 Å². The van der Waals surface area contributed by atoms with E-state index in [9.17, 15) is 0 Å². The highest BCUT2D eigenvalue weighted by Gasteiger charge is 2.14. The number of aryl methyl sites for hydroxylation is 1. The van der Waals surface area contributed by atoms with Crippen molar-refractivity contribution in [2.75, 3.05) is 7.11 Å². The first-order valence-electron chi connectivity index (χ1n) is 4.58. The molecule has 0 heterocycles. The van der Waals surface area contributed by atoms with Crippen LogP contribution in [0.15, 0.2) is 6.07 Å². The SMILES string of the molecule is COc1cc(C)c(C(C)N)c(C)c1Cl. The summed E-state index contributed by atoms with van der Waals surface area (Å²) in [5, 5.41) is 0.658. The maximum atomic E-state index is 6.13. The molecular formula is C11H16ClNO. The van der Waals surface area contributed by atoms with E-state index in [-0.39, 0.29) is 6.04 Å². The van der Waals surface area contributed by atoms with Gasteiger partial charge in [0.05, 0.1) is 12.1 Å². The van der Waals surface area contributed by atoms with Crippen LogP contribution < -0.4 is 10.5 Å². The van der Waals surface area contributed by atoms with Gasteiger partial charge in [0.15, 0.2) is 0 Å². The molecule has 0 saturated heterocycles. The quantitative estimate of drug-likeness (QED) is 0.820. The van der Waals surface area contributed by atoms with Crippen molar-refractivity contribution in [2.45, 2.75) is 26.8 Å². The fourth-order valence-electron chi connectivity index (χ4n) is 1.79. The van der Waals surface area contributed by atoms with Crippen molar-refractivity contribution in [3.05, 3.63) is 27.8 Å². The van der Waals surface area contributed by atoms with Crippen LogP contribution in [0.25, 0.3) is 0 Å². The Labute approximate surface area is 90.0 Å². The summed E-state index contributed by atoms with van der Waals surface area (Å²) in [7, 11) is 1.62. The van der Waals surface area contributed by atoms with Crippen LogP contribution in [0.1, 0.15) is 29.7 Å². The van der Waals surface area contributed by atoms with E-state index in [0.29, 0.717) is 10.8 Å². The average Bonchev–Trinajstić information content (AvgIpc) is 2.10. The number of hydrogen-bond donors (Lipinski definition) is 1. The molecule has 0 aliphatic carbocycles. The molecule has 0 aliphatic rings. The number of nitrogens with two attached hydrogens (primary N) is 1. The van der Waals surface area contributed by atoms with Crippen molar-refractivity contribution < 1.29 is 4.74 Å². The Balaban J connectivity index is 3.41. The van der Waals surface area contributed by atoms with Crippen LogP contribution in [-0.2, 0) is 0 Å². The minimum absolute atomic E-state index is 0.00148. The van der Waals surface area contributed by atoms with Crippen LogP contribution >= 0.6 is 11.6 Å². The van der Waals surface area contributed by atoms with Crippen LogP contribution in [-0.4, -0.2) is 7.11 Å². The molecule has 0 aliphatic heterocycles. The molecule has 2 nitrogen and oxygen atoms in total. The van der Waals surface area contributed by atoms with Crippen LogP contribution in [0.4, 0.5) is 0 Å². The summed E-state index contributed by atoms with van der Waals surface area (Å²) in [6.07, 6.45) is 0. The summed E-state index contributed by atoms with van der Waals surface area (Å²) in [4.78, 5) is 0. The maximum absolute atomic E-state index is 6.13. The van der Waals surface area contributed by atoms with Crippen LogP contribution in [0.3, 0.4) is 0 Å². The predicted octanol–water partition coefficient (Wildman–Crippen LogP) is 2.99. The lowest BCUT2D eigenvalue weighted by atomic mass is 9.97. The van der Waals surface area contributed by atoms with E-state index in [4.69, 9.17) is 22.1 Å². The highest BCUT2D eigenvalue weighted by atomic mass is 35.5. The lowest BCUT2D eigenvalue weighted by molar-refractivity contribution is 0.414. The third kappa shape index (κ3) is 1.86. The monoisotopic (exact) mass is 213 g/mol.